The number of carboxylic acid groups (broad SMARTS) is 1. The molecule has 0 unspecified atom stereocenters. The number of hydrogen-bond donors (Lipinski definition) is 2. The third-order valence-electron chi connectivity index (χ3n) is 4.49. The van der Waals surface area contributed by atoms with Crippen LogP contribution in [-0.2, 0) is 17.6 Å². The number of pyridine rings is 2. The van der Waals surface area contributed by atoms with Gasteiger partial charge in [0.1, 0.15) is 29.2 Å². The molecule has 2 N–H and O–H groups in total. The van der Waals surface area contributed by atoms with Crippen molar-refractivity contribution in [1.82, 2.24) is 15.3 Å². The third kappa shape index (κ3) is 5.08. The van der Waals surface area contributed by atoms with E-state index < -0.39 is 29.3 Å². The van der Waals surface area contributed by atoms with Crippen molar-refractivity contribution >= 4 is 34.4 Å². The molecule has 7 nitrogen and oxygen atoms in total. The summed E-state index contributed by atoms with van der Waals surface area (Å²) in [7, 11) is 0. The summed E-state index contributed by atoms with van der Waals surface area (Å²) in [6, 6.07) is 6.72. The Bertz CT molecular complexity index is 1180. The molecule has 0 aliphatic heterocycles. The van der Waals surface area contributed by atoms with Crippen LogP contribution in [0.25, 0.3) is 10.9 Å². The van der Waals surface area contributed by atoms with Gasteiger partial charge in [-0.05, 0) is 38.1 Å². The second-order valence-corrected chi connectivity index (χ2v) is 7.82. The molecule has 32 heavy (non-hydrogen) atoms. The molecule has 2 heterocycles. The molecule has 0 aliphatic carbocycles. The Kier molecular flexibility index (Phi) is 6.27. The zero-order chi connectivity index (χ0) is 23.7. The van der Waals surface area contributed by atoms with Gasteiger partial charge in [0.25, 0.3) is 5.91 Å². The molecule has 0 radical (unpaired) electrons. The normalized spacial score (nSPS) is 11.9. The molecule has 11 heteroatoms. The van der Waals surface area contributed by atoms with Crippen molar-refractivity contribution in [2.75, 3.05) is 0 Å². The first-order valence-corrected chi connectivity index (χ1v) is 9.55. The molecular weight excluding hydrogens is 451 g/mol. The van der Waals surface area contributed by atoms with Gasteiger partial charge in [-0.15, -0.1) is 0 Å². The maximum atomic E-state index is 12.8. The number of aromatic nitrogens is 2. The zero-order valence-corrected chi connectivity index (χ0v) is 17.6. The number of carboxylic acids is 1. The van der Waals surface area contributed by atoms with Crippen LogP contribution in [0, 0.1) is 0 Å². The lowest BCUT2D eigenvalue weighted by Crippen LogP contribution is -2.49. The number of rotatable bonds is 6. The number of ether oxygens (including phenoxy) is 1. The van der Waals surface area contributed by atoms with Gasteiger partial charge in [-0.2, -0.15) is 13.2 Å². The summed E-state index contributed by atoms with van der Waals surface area (Å²) in [5.74, 6) is -1.92. The average molecular weight is 468 g/mol. The molecule has 0 bridgehead atoms. The first-order chi connectivity index (χ1) is 14.9. The Morgan fingerprint density at radius 3 is 2.44 bits per heavy atom. The van der Waals surface area contributed by atoms with Crippen LogP contribution >= 0.6 is 11.6 Å². The molecule has 0 aliphatic rings. The summed E-state index contributed by atoms with van der Waals surface area (Å²) in [4.78, 5) is 31.7. The molecule has 1 aromatic carbocycles. The fraction of sp³-hybridized carbons (Fsp3) is 0.238. The number of nitrogens with one attached hydrogen (secondary N) is 1. The van der Waals surface area contributed by atoms with E-state index >= 15 is 0 Å². The molecule has 0 saturated carbocycles. The van der Waals surface area contributed by atoms with Crippen LogP contribution in [0.5, 0.6) is 5.75 Å². The second-order valence-electron chi connectivity index (χ2n) is 7.38. The van der Waals surface area contributed by atoms with E-state index in [4.69, 9.17) is 16.3 Å². The first-order valence-electron chi connectivity index (χ1n) is 9.17. The van der Waals surface area contributed by atoms with Gasteiger partial charge in [-0.1, -0.05) is 17.7 Å². The number of hydrogen-bond acceptors (Lipinski definition) is 5. The Hall–Kier alpha value is -3.40. The van der Waals surface area contributed by atoms with Gasteiger partial charge in [-0.25, -0.2) is 4.79 Å². The number of fused-ring (bicyclic) bond motifs is 1. The van der Waals surface area contributed by atoms with Gasteiger partial charge in [0.05, 0.1) is 5.52 Å². The highest BCUT2D eigenvalue weighted by molar-refractivity contribution is 6.31. The van der Waals surface area contributed by atoms with Crippen LogP contribution in [0.1, 0.15) is 35.5 Å². The average Bonchev–Trinajstić information content (AvgIpc) is 2.70. The van der Waals surface area contributed by atoms with Crippen molar-refractivity contribution in [3.63, 3.8) is 0 Å². The van der Waals surface area contributed by atoms with Gasteiger partial charge < -0.3 is 15.2 Å². The fourth-order valence-corrected chi connectivity index (χ4v) is 2.86. The number of amides is 1. The molecule has 0 atom stereocenters. The van der Waals surface area contributed by atoms with Crippen molar-refractivity contribution in [1.29, 1.82) is 0 Å². The Morgan fingerprint density at radius 2 is 1.84 bits per heavy atom. The third-order valence-corrected chi connectivity index (χ3v) is 4.72. The molecule has 0 saturated heterocycles. The van der Waals surface area contributed by atoms with E-state index in [2.05, 4.69) is 15.3 Å². The summed E-state index contributed by atoms with van der Waals surface area (Å²) in [6.45, 7) is 2.43. The van der Waals surface area contributed by atoms with E-state index in [0.29, 0.717) is 21.5 Å². The summed E-state index contributed by atoms with van der Waals surface area (Å²) in [5.41, 5.74) is -1.92. The number of nitrogens with zero attached hydrogens (tertiary/aromatic N) is 2. The number of halogens is 4. The van der Waals surface area contributed by atoms with Crippen LogP contribution in [0.4, 0.5) is 13.2 Å². The summed E-state index contributed by atoms with van der Waals surface area (Å²) in [6.07, 6.45) is -2.33. The van der Waals surface area contributed by atoms with Crippen molar-refractivity contribution in [2.45, 2.75) is 32.2 Å². The van der Waals surface area contributed by atoms with Crippen LogP contribution < -0.4 is 10.1 Å². The van der Waals surface area contributed by atoms with Gasteiger partial charge in [0, 0.05) is 28.4 Å². The smallest absolute Gasteiger partial charge is 0.433 e. The maximum Gasteiger partial charge on any atom is 0.433 e. The van der Waals surface area contributed by atoms with Gasteiger partial charge >= 0.3 is 12.1 Å². The minimum Gasteiger partial charge on any atom is -0.487 e. The van der Waals surface area contributed by atoms with E-state index in [-0.39, 0.29) is 17.9 Å². The number of aliphatic carboxylic acids is 1. The standard InChI is InChI=1S/C21H17ClF3N3O4/c1-20(2,19(30)31)28-18(29)14-9-26-15-7-12(22)4-5-13(15)17(14)32-10-11-3-6-16(27-8-11)21(23,24)25/h3-9H,10H2,1-2H3,(H,28,29)(H,30,31). The highest BCUT2D eigenvalue weighted by Crippen LogP contribution is 2.32. The largest absolute Gasteiger partial charge is 0.487 e. The van der Waals surface area contributed by atoms with Crippen LogP contribution in [0.3, 0.4) is 0 Å². The Morgan fingerprint density at radius 1 is 1.12 bits per heavy atom. The lowest BCUT2D eigenvalue weighted by Gasteiger charge is -2.22. The topological polar surface area (TPSA) is 101 Å². The molecule has 1 amide bonds. The molecule has 2 aromatic heterocycles. The van der Waals surface area contributed by atoms with Crippen LogP contribution in [-0.4, -0.2) is 32.5 Å². The quantitative estimate of drug-likeness (QED) is 0.554. The molecule has 0 spiro atoms. The van der Waals surface area contributed by atoms with Crippen LogP contribution in [0.2, 0.25) is 5.02 Å². The number of alkyl halides is 3. The van der Waals surface area contributed by atoms with Gasteiger partial charge in [0.15, 0.2) is 0 Å². The number of carbonyl (C=O) groups excluding carboxylic acids is 1. The predicted molar refractivity (Wildman–Crippen MR) is 110 cm³/mol. The lowest BCUT2D eigenvalue weighted by atomic mass is 10.0. The maximum absolute atomic E-state index is 12.8. The lowest BCUT2D eigenvalue weighted by molar-refractivity contribution is -0.143. The predicted octanol–water partition coefficient (Wildman–Crippen LogP) is 4.47. The van der Waals surface area contributed by atoms with Crippen molar-refractivity contribution in [3.8, 4) is 5.75 Å². The minimum absolute atomic E-state index is 0.0472. The zero-order valence-electron chi connectivity index (χ0n) is 16.8. The molecule has 3 aromatic rings. The Labute approximate surface area is 185 Å². The van der Waals surface area contributed by atoms with Gasteiger partial charge in [-0.3, -0.25) is 14.8 Å². The van der Waals surface area contributed by atoms with E-state index in [9.17, 15) is 27.9 Å². The first kappa shape index (κ1) is 23.3. The van der Waals surface area contributed by atoms with Gasteiger partial charge in [0.2, 0.25) is 0 Å². The SMILES string of the molecule is CC(C)(NC(=O)c1cnc2cc(Cl)ccc2c1OCc1ccc(C(F)(F)F)nc1)C(=O)O. The number of carbonyl (C=O) groups is 2. The van der Waals surface area contributed by atoms with E-state index in [1.807, 2.05) is 0 Å². The summed E-state index contributed by atoms with van der Waals surface area (Å²) in [5, 5.41) is 12.5. The number of benzene rings is 1. The summed E-state index contributed by atoms with van der Waals surface area (Å²) >= 11 is 5.99. The fourth-order valence-electron chi connectivity index (χ4n) is 2.70. The van der Waals surface area contributed by atoms with E-state index in [1.54, 1.807) is 18.2 Å². The van der Waals surface area contributed by atoms with E-state index in [0.717, 1.165) is 12.3 Å². The molecule has 3 rings (SSSR count). The highest BCUT2D eigenvalue weighted by atomic mass is 35.5. The molecule has 168 valence electrons. The second kappa shape index (κ2) is 8.62. The van der Waals surface area contributed by atoms with Crippen molar-refractivity contribution in [2.24, 2.45) is 0 Å². The highest BCUT2D eigenvalue weighted by Gasteiger charge is 2.32. The molecule has 0 fully saturated rings. The summed E-state index contributed by atoms with van der Waals surface area (Å²) < 4.78 is 43.9. The minimum atomic E-state index is -4.57. The Balaban J connectivity index is 1.96. The molecular formula is C21H17ClF3N3O4. The monoisotopic (exact) mass is 467 g/mol. The van der Waals surface area contributed by atoms with Crippen molar-refractivity contribution < 1.29 is 32.6 Å². The van der Waals surface area contributed by atoms with Crippen molar-refractivity contribution in [3.05, 3.63) is 64.6 Å². The van der Waals surface area contributed by atoms with E-state index in [1.165, 1.54) is 26.1 Å². The van der Waals surface area contributed by atoms with Crippen LogP contribution in [0.15, 0.2) is 42.7 Å².